The molecule has 0 N–H and O–H groups in total. The van der Waals surface area contributed by atoms with Crippen molar-refractivity contribution in [1.82, 2.24) is 4.90 Å². The zero-order valence-electron chi connectivity index (χ0n) is 9.70. The Morgan fingerprint density at radius 3 is 2.59 bits per heavy atom. The van der Waals surface area contributed by atoms with Gasteiger partial charge in [0.05, 0.1) is 6.04 Å². The maximum atomic E-state index is 11.9. The lowest BCUT2D eigenvalue weighted by molar-refractivity contribution is -0.129. The van der Waals surface area contributed by atoms with Gasteiger partial charge in [-0.2, -0.15) is 0 Å². The van der Waals surface area contributed by atoms with Gasteiger partial charge in [0.1, 0.15) is 0 Å². The summed E-state index contributed by atoms with van der Waals surface area (Å²) in [5.41, 5.74) is 1.11. The molecule has 2 atom stereocenters. The smallest absolute Gasteiger partial charge is 0.223 e. The van der Waals surface area contributed by atoms with Gasteiger partial charge < -0.3 is 4.90 Å². The summed E-state index contributed by atoms with van der Waals surface area (Å²) in [6.45, 7) is 2.80. The Kier molecular flexibility index (Phi) is 3.95. The van der Waals surface area contributed by atoms with E-state index in [2.05, 4.69) is 0 Å². The van der Waals surface area contributed by atoms with E-state index in [1.807, 2.05) is 36.1 Å². The molecule has 1 saturated heterocycles. The Labute approximate surface area is 112 Å². The van der Waals surface area contributed by atoms with E-state index in [1.165, 1.54) is 0 Å². The quantitative estimate of drug-likeness (QED) is 0.771. The number of alkyl halides is 1. The van der Waals surface area contributed by atoms with Crippen LogP contribution in [-0.2, 0) is 4.79 Å². The molecule has 1 heterocycles. The monoisotopic (exact) mass is 271 g/mol. The van der Waals surface area contributed by atoms with Gasteiger partial charge in [-0.1, -0.05) is 23.7 Å². The van der Waals surface area contributed by atoms with E-state index in [1.54, 1.807) is 0 Å². The first kappa shape index (κ1) is 12.7. The van der Waals surface area contributed by atoms with E-state index in [4.69, 9.17) is 23.2 Å². The molecule has 0 aromatic heterocycles. The van der Waals surface area contributed by atoms with Gasteiger partial charge in [-0.3, -0.25) is 4.79 Å². The summed E-state index contributed by atoms with van der Waals surface area (Å²) in [4.78, 5) is 13.8. The molecule has 1 amide bonds. The second kappa shape index (κ2) is 5.28. The van der Waals surface area contributed by atoms with Crippen molar-refractivity contribution in [2.45, 2.75) is 19.4 Å². The third-order valence-electron chi connectivity index (χ3n) is 3.28. The van der Waals surface area contributed by atoms with Crippen LogP contribution in [0, 0.1) is 5.92 Å². The maximum Gasteiger partial charge on any atom is 0.223 e. The van der Waals surface area contributed by atoms with Crippen molar-refractivity contribution in [3.05, 3.63) is 34.9 Å². The van der Waals surface area contributed by atoms with Crippen LogP contribution >= 0.6 is 23.2 Å². The molecule has 92 valence electrons. The highest BCUT2D eigenvalue weighted by molar-refractivity contribution is 6.30. The summed E-state index contributed by atoms with van der Waals surface area (Å²) in [6.07, 6.45) is 0.571. The molecule has 2 unspecified atom stereocenters. The summed E-state index contributed by atoms with van der Waals surface area (Å²) in [5, 5.41) is 0.715. The van der Waals surface area contributed by atoms with Gasteiger partial charge in [0.25, 0.3) is 0 Å². The SMILES string of the molecule is CC(c1ccc(Cl)cc1)N1CC(CCl)CC1=O. The van der Waals surface area contributed by atoms with E-state index in [9.17, 15) is 4.79 Å². The second-order valence-corrected chi connectivity index (χ2v) is 5.24. The Morgan fingerprint density at radius 1 is 1.41 bits per heavy atom. The van der Waals surface area contributed by atoms with Crippen LogP contribution in [0.4, 0.5) is 0 Å². The molecule has 0 saturated carbocycles. The number of rotatable bonds is 3. The normalized spacial score (nSPS) is 21.9. The first-order valence-electron chi connectivity index (χ1n) is 5.72. The highest BCUT2D eigenvalue weighted by Gasteiger charge is 2.32. The van der Waals surface area contributed by atoms with Crippen LogP contribution in [0.15, 0.2) is 24.3 Å². The topological polar surface area (TPSA) is 20.3 Å². The summed E-state index contributed by atoms with van der Waals surface area (Å²) >= 11 is 11.7. The standard InChI is InChI=1S/C13H15Cl2NO/c1-9(11-2-4-12(15)5-3-11)16-8-10(7-14)6-13(16)17/h2-5,9-10H,6-8H2,1H3. The summed E-state index contributed by atoms with van der Waals surface area (Å²) in [7, 11) is 0. The van der Waals surface area contributed by atoms with E-state index >= 15 is 0 Å². The third kappa shape index (κ3) is 2.75. The zero-order valence-corrected chi connectivity index (χ0v) is 11.2. The van der Waals surface area contributed by atoms with Crippen LogP contribution in [0.2, 0.25) is 5.02 Å². The average molecular weight is 272 g/mol. The van der Waals surface area contributed by atoms with Crippen LogP contribution in [0.1, 0.15) is 24.9 Å². The summed E-state index contributed by atoms with van der Waals surface area (Å²) in [6, 6.07) is 7.73. The first-order chi connectivity index (χ1) is 8.11. The zero-order chi connectivity index (χ0) is 12.4. The van der Waals surface area contributed by atoms with Gasteiger partial charge in [-0.05, 0) is 30.5 Å². The van der Waals surface area contributed by atoms with Crippen molar-refractivity contribution >= 4 is 29.1 Å². The Morgan fingerprint density at radius 2 is 2.06 bits per heavy atom. The van der Waals surface area contributed by atoms with Crippen molar-refractivity contribution in [2.24, 2.45) is 5.92 Å². The van der Waals surface area contributed by atoms with Crippen LogP contribution in [-0.4, -0.2) is 23.2 Å². The molecule has 1 aromatic carbocycles. The van der Waals surface area contributed by atoms with Crippen LogP contribution < -0.4 is 0 Å². The number of carbonyl (C=O) groups is 1. The summed E-state index contributed by atoms with van der Waals surface area (Å²) in [5.74, 6) is 1.03. The Bertz CT molecular complexity index is 404. The highest BCUT2D eigenvalue weighted by atomic mass is 35.5. The van der Waals surface area contributed by atoms with Crippen LogP contribution in [0.5, 0.6) is 0 Å². The van der Waals surface area contributed by atoms with E-state index in [0.717, 1.165) is 12.1 Å². The number of amides is 1. The molecule has 1 aliphatic rings. The van der Waals surface area contributed by atoms with Gasteiger partial charge >= 0.3 is 0 Å². The average Bonchev–Trinajstić information content (AvgIpc) is 2.71. The van der Waals surface area contributed by atoms with E-state index in [-0.39, 0.29) is 11.9 Å². The van der Waals surface area contributed by atoms with Crippen molar-refractivity contribution in [1.29, 1.82) is 0 Å². The van der Waals surface area contributed by atoms with Gasteiger partial charge in [0.2, 0.25) is 5.91 Å². The van der Waals surface area contributed by atoms with Crippen molar-refractivity contribution < 1.29 is 4.79 Å². The molecule has 0 spiro atoms. The first-order valence-corrected chi connectivity index (χ1v) is 6.64. The minimum atomic E-state index is 0.0907. The minimum absolute atomic E-state index is 0.0907. The lowest BCUT2D eigenvalue weighted by Crippen LogP contribution is -2.28. The van der Waals surface area contributed by atoms with Gasteiger partial charge in [-0.25, -0.2) is 0 Å². The molecule has 1 aromatic rings. The van der Waals surface area contributed by atoms with Crippen molar-refractivity contribution in [3.63, 3.8) is 0 Å². The molecule has 0 radical (unpaired) electrons. The van der Waals surface area contributed by atoms with Crippen molar-refractivity contribution in [3.8, 4) is 0 Å². The summed E-state index contributed by atoms with van der Waals surface area (Å²) < 4.78 is 0. The van der Waals surface area contributed by atoms with Crippen LogP contribution in [0.25, 0.3) is 0 Å². The van der Waals surface area contributed by atoms with Crippen LogP contribution in [0.3, 0.4) is 0 Å². The minimum Gasteiger partial charge on any atom is -0.336 e. The molecular weight excluding hydrogens is 257 g/mol. The molecule has 17 heavy (non-hydrogen) atoms. The molecule has 0 aliphatic carbocycles. The number of hydrogen-bond donors (Lipinski definition) is 0. The number of halogens is 2. The Balaban J connectivity index is 2.12. The number of benzene rings is 1. The Hall–Kier alpha value is -0.730. The molecule has 2 rings (SSSR count). The highest BCUT2D eigenvalue weighted by Crippen LogP contribution is 2.29. The molecule has 2 nitrogen and oxygen atoms in total. The predicted octanol–water partition coefficient (Wildman–Crippen LogP) is 3.49. The fraction of sp³-hybridized carbons (Fsp3) is 0.462. The largest absolute Gasteiger partial charge is 0.336 e. The number of carbonyl (C=O) groups excluding carboxylic acids is 1. The molecule has 0 bridgehead atoms. The van der Waals surface area contributed by atoms with E-state index < -0.39 is 0 Å². The molecule has 1 aliphatic heterocycles. The van der Waals surface area contributed by atoms with Crippen molar-refractivity contribution in [2.75, 3.05) is 12.4 Å². The second-order valence-electron chi connectivity index (χ2n) is 4.50. The van der Waals surface area contributed by atoms with Gasteiger partial charge in [0, 0.05) is 23.9 Å². The number of nitrogens with zero attached hydrogens (tertiary/aromatic N) is 1. The lowest BCUT2D eigenvalue weighted by Gasteiger charge is -2.25. The van der Waals surface area contributed by atoms with Gasteiger partial charge in [0.15, 0.2) is 0 Å². The molecule has 4 heteroatoms. The predicted molar refractivity (Wildman–Crippen MR) is 70.4 cm³/mol. The van der Waals surface area contributed by atoms with E-state index in [0.29, 0.717) is 23.2 Å². The third-order valence-corrected chi connectivity index (χ3v) is 3.97. The fourth-order valence-electron chi connectivity index (χ4n) is 2.21. The molecular formula is C13H15Cl2NO. The number of likely N-dealkylation sites (tertiary alicyclic amines) is 1. The van der Waals surface area contributed by atoms with Gasteiger partial charge in [-0.15, -0.1) is 11.6 Å². The maximum absolute atomic E-state index is 11.9. The lowest BCUT2D eigenvalue weighted by atomic mass is 10.1. The molecule has 1 fully saturated rings. The fourth-order valence-corrected chi connectivity index (χ4v) is 2.54. The number of hydrogen-bond acceptors (Lipinski definition) is 1.